The lowest BCUT2D eigenvalue weighted by Gasteiger charge is -2.24. The standard InChI is InChI=1S/C20H37N3O6/c1-16(2)14-28-19(26)12-22-7-5-21(11-18(24)25)6-8-23(10-9-22)13-20(27)29-15-17(3)4/h16-17H,5-15H2,1-4H3,(H,24,25). The third-order valence-electron chi connectivity index (χ3n) is 4.42. The van der Waals surface area contributed by atoms with Gasteiger partial charge in [0.1, 0.15) is 0 Å². The number of carbonyl (C=O) groups is 3. The monoisotopic (exact) mass is 415 g/mol. The minimum Gasteiger partial charge on any atom is -0.480 e. The Bertz CT molecular complexity index is 488. The maximum atomic E-state index is 12.1. The van der Waals surface area contributed by atoms with Crippen molar-refractivity contribution in [2.45, 2.75) is 27.7 Å². The topological polar surface area (TPSA) is 99.6 Å². The number of carbonyl (C=O) groups excluding carboxylic acids is 2. The van der Waals surface area contributed by atoms with E-state index in [1.165, 1.54) is 0 Å². The Morgan fingerprint density at radius 1 is 0.690 bits per heavy atom. The zero-order chi connectivity index (χ0) is 21.8. The van der Waals surface area contributed by atoms with Crippen LogP contribution in [0, 0.1) is 11.8 Å². The van der Waals surface area contributed by atoms with Crippen LogP contribution in [0.25, 0.3) is 0 Å². The number of hydrogen-bond acceptors (Lipinski definition) is 8. The molecule has 29 heavy (non-hydrogen) atoms. The van der Waals surface area contributed by atoms with E-state index in [1.54, 1.807) is 0 Å². The first-order chi connectivity index (χ1) is 13.7. The van der Waals surface area contributed by atoms with Gasteiger partial charge in [0.15, 0.2) is 0 Å². The van der Waals surface area contributed by atoms with Crippen molar-refractivity contribution in [3.8, 4) is 0 Å². The molecule has 1 aliphatic rings. The second-order valence-corrected chi connectivity index (χ2v) is 8.38. The lowest BCUT2D eigenvalue weighted by Crippen LogP contribution is -2.41. The van der Waals surface area contributed by atoms with Crippen molar-refractivity contribution < 1.29 is 29.0 Å². The molecule has 0 aliphatic carbocycles. The normalized spacial score (nSPS) is 17.6. The van der Waals surface area contributed by atoms with Crippen LogP contribution in [0.2, 0.25) is 0 Å². The summed E-state index contributed by atoms with van der Waals surface area (Å²) in [4.78, 5) is 41.1. The van der Waals surface area contributed by atoms with E-state index in [1.807, 2.05) is 42.4 Å². The zero-order valence-corrected chi connectivity index (χ0v) is 18.3. The Labute approximate surface area is 173 Å². The summed E-state index contributed by atoms with van der Waals surface area (Å²) in [7, 11) is 0. The van der Waals surface area contributed by atoms with Gasteiger partial charge in [0, 0.05) is 39.3 Å². The number of nitrogens with zero attached hydrogens (tertiary/aromatic N) is 3. The van der Waals surface area contributed by atoms with E-state index in [0.717, 1.165) is 0 Å². The van der Waals surface area contributed by atoms with Crippen molar-refractivity contribution >= 4 is 17.9 Å². The Hall–Kier alpha value is -1.71. The molecule has 0 aromatic rings. The average Bonchev–Trinajstić information content (AvgIpc) is 2.70. The maximum Gasteiger partial charge on any atom is 0.320 e. The number of carboxylic acid groups (broad SMARTS) is 1. The van der Waals surface area contributed by atoms with Crippen LogP contribution in [0.1, 0.15) is 27.7 Å². The van der Waals surface area contributed by atoms with Gasteiger partial charge in [-0.15, -0.1) is 0 Å². The van der Waals surface area contributed by atoms with Crippen LogP contribution in [-0.4, -0.2) is 110 Å². The molecule has 9 nitrogen and oxygen atoms in total. The Balaban J connectivity index is 2.68. The molecule has 0 aromatic heterocycles. The van der Waals surface area contributed by atoms with Crippen LogP contribution in [-0.2, 0) is 23.9 Å². The second-order valence-electron chi connectivity index (χ2n) is 8.38. The molecule has 1 aliphatic heterocycles. The summed E-state index contributed by atoms with van der Waals surface area (Å²) in [6.45, 7) is 12.3. The van der Waals surface area contributed by atoms with E-state index >= 15 is 0 Å². The van der Waals surface area contributed by atoms with E-state index in [0.29, 0.717) is 52.5 Å². The fraction of sp³-hybridized carbons (Fsp3) is 0.850. The fourth-order valence-corrected chi connectivity index (χ4v) is 2.83. The Morgan fingerprint density at radius 3 is 1.28 bits per heavy atom. The summed E-state index contributed by atoms with van der Waals surface area (Å²) in [5.74, 6) is -0.924. The van der Waals surface area contributed by atoms with Gasteiger partial charge in [-0.05, 0) is 11.8 Å². The van der Waals surface area contributed by atoms with Crippen molar-refractivity contribution in [1.82, 2.24) is 14.7 Å². The zero-order valence-electron chi connectivity index (χ0n) is 18.3. The molecule has 0 spiro atoms. The molecule has 0 saturated carbocycles. The van der Waals surface area contributed by atoms with Crippen molar-refractivity contribution in [2.24, 2.45) is 11.8 Å². The van der Waals surface area contributed by atoms with Crippen LogP contribution >= 0.6 is 0 Å². The van der Waals surface area contributed by atoms with Crippen LogP contribution in [0.3, 0.4) is 0 Å². The number of carboxylic acids is 1. The highest BCUT2D eigenvalue weighted by atomic mass is 16.5. The van der Waals surface area contributed by atoms with E-state index in [-0.39, 0.29) is 43.4 Å². The largest absolute Gasteiger partial charge is 0.480 e. The molecule has 0 aromatic carbocycles. The first-order valence-electron chi connectivity index (χ1n) is 10.4. The highest BCUT2D eigenvalue weighted by molar-refractivity contribution is 5.72. The average molecular weight is 416 g/mol. The maximum absolute atomic E-state index is 12.1. The Morgan fingerprint density at radius 2 is 1.00 bits per heavy atom. The van der Waals surface area contributed by atoms with Gasteiger partial charge in [0.05, 0.1) is 32.8 Å². The first-order valence-corrected chi connectivity index (χ1v) is 10.4. The van der Waals surface area contributed by atoms with Crippen LogP contribution in [0.5, 0.6) is 0 Å². The lowest BCUT2D eigenvalue weighted by molar-refractivity contribution is -0.147. The van der Waals surface area contributed by atoms with Crippen molar-refractivity contribution in [3.63, 3.8) is 0 Å². The van der Waals surface area contributed by atoms with E-state index < -0.39 is 5.97 Å². The molecule has 1 saturated heterocycles. The van der Waals surface area contributed by atoms with Gasteiger partial charge in [0.25, 0.3) is 0 Å². The Kier molecular flexibility index (Phi) is 11.8. The summed E-state index contributed by atoms with van der Waals surface area (Å²) in [5.41, 5.74) is 0. The molecular formula is C20H37N3O6. The smallest absolute Gasteiger partial charge is 0.320 e. The number of rotatable bonds is 10. The van der Waals surface area contributed by atoms with Crippen molar-refractivity contribution in [1.29, 1.82) is 0 Å². The molecule has 0 unspecified atom stereocenters. The molecule has 0 atom stereocenters. The van der Waals surface area contributed by atoms with Crippen LogP contribution in [0.4, 0.5) is 0 Å². The molecule has 1 heterocycles. The predicted molar refractivity (Wildman–Crippen MR) is 109 cm³/mol. The summed E-state index contributed by atoms with van der Waals surface area (Å²) in [6.07, 6.45) is 0. The lowest BCUT2D eigenvalue weighted by atomic mass is 10.2. The van der Waals surface area contributed by atoms with Gasteiger partial charge in [-0.3, -0.25) is 29.1 Å². The summed E-state index contributed by atoms with van der Waals surface area (Å²) >= 11 is 0. The van der Waals surface area contributed by atoms with E-state index in [2.05, 4.69) is 0 Å². The fourth-order valence-electron chi connectivity index (χ4n) is 2.83. The van der Waals surface area contributed by atoms with Gasteiger partial charge < -0.3 is 14.6 Å². The van der Waals surface area contributed by atoms with Crippen LogP contribution < -0.4 is 0 Å². The minimum absolute atomic E-state index is 0.0722. The number of aliphatic carboxylic acids is 1. The van der Waals surface area contributed by atoms with Gasteiger partial charge >= 0.3 is 17.9 Å². The molecule has 1 rings (SSSR count). The second kappa shape index (κ2) is 13.5. The van der Waals surface area contributed by atoms with Crippen molar-refractivity contribution in [2.75, 3.05) is 72.1 Å². The predicted octanol–water partition coefficient (Wildman–Crippen LogP) is 0.389. The number of hydrogen-bond donors (Lipinski definition) is 1. The van der Waals surface area contributed by atoms with Crippen LogP contribution in [0.15, 0.2) is 0 Å². The molecule has 1 N–H and O–H groups in total. The van der Waals surface area contributed by atoms with Gasteiger partial charge in [-0.1, -0.05) is 27.7 Å². The third-order valence-corrected chi connectivity index (χ3v) is 4.42. The molecule has 0 amide bonds. The molecule has 9 heteroatoms. The molecule has 1 fully saturated rings. The quantitative estimate of drug-likeness (QED) is 0.508. The van der Waals surface area contributed by atoms with Gasteiger partial charge in [-0.25, -0.2) is 0 Å². The first kappa shape index (κ1) is 25.3. The molecule has 0 radical (unpaired) electrons. The van der Waals surface area contributed by atoms with E-state index in [4.69, 9.17) is 14.6 Å². The summed E-state index contributed by atoms with van der Waals surface area (Å²) < 4.78 is 10.5. The highest BCUT2D eigenvalue weighted by Gasteiger charge is 2.21. The third kappa shape index (κ3) is 12.5. The molecule has 168 valence electrons. The number of ether oxygens (including phenoxy) is 2. The minimum atomic E-state index is -0.893. The molecule has 0 bridgehead atoms. The summed E-state index contributed by atoms with van der Waals surface area (Å²) in [6, 6.07) is 0. The van der Waals surface area contributed by atoms with E-state index in [9.17, 15) is 14.4 Å². The van der Waals surface area contributed by atoms with Gasteiger partial charge in [0.2, 0.25) is 0 Å². The van der Waals surface area contributed by atoms with Crippen molar-refractivity contribution in [3.05, 3.63) is 0 Å². The number of esters is 2. The highest BCUT2D eigenvalue weighted by Crippen LogP contribution is 2.03. The molecular weight excluding hydrogens is 378 g/mol. The van der Waals surface area contributed by atoms with Gasteiger partial charge in [-0.2, -0.15) is 0 Å². The SMILES string of the molecule is CC(C)COC(=O)CN1CCN(CC(=O)O)CCN(CC(=O)OCC(C)C)CC1. The summed E-state index contributed by atoms with van der Waals surface area (Å²) in [5, 5.41) is 9.15.